The molecule has 0 spiro atoms. The summed E-state index contributed by atoms with van der Waals surface area (Å²) in [5, 5.41) is 3.07. The van der Waals surface area contributed by atoms with Gasteiger partial charge < -0.3 is 5.32 Å². The van der Waals surface area contributed by atoms with E-state index in [-0.39, 0.29) is 11.3 Å². The van der Waals surface area contributed by atoms with E-state index in [0.29, 0.717) is 6.04 Å². The molecule has 1 N–H and O–H groups in total. The average Bonchev–Trinajstić information content (AvgIpc) is 2.11. The first-order chi connectivity index (χ1) is 6.14. The molecule has 0 aromatic rings. The summed E-state index contributed by atoms with van der Waals surface area (Å²) in [6, 6.07) is 0.379. The van der Waals surface area contributed by atoms with Crippen molar-refractivity contribution in [2.75, 3.05) is 0 Å². The van der Waals surface area contributed by atoms with Crippen LogP contribution in [0.5, 0.6) is 0 Å². The number of amides is 1. The van der Waals surface area contributed by atoms with E-state index in [9.17, 15) is 4.79 Å². The van der Waals surface area contributed by atoms with Crippen LogP contribution in [0, 0.1) is 5.41 Å². The highest BCUT2D eigenvalue weighted by Gasteiger charge is 2.39. The van der Waals surface area contributed by atoms with Gasteiger partial charge in [0.05, 0.1) is 0 Å². The Morgan fingerprint density at radius 3 is 2.69 bits per heavy atom. The molecule has 1 aliphatic heterocycles. The topological polar surface area (TPSA) is 29.1 Å². The molecule has 2 heteroatoms. The first kappa shape index (κ1) is 10.6. The first-order valence-electron chi connectivity index (χ1n) is 5.45. The Bertz CT molecular complexity index is 191. The first-order valence-corrected chi connectivity index (χ1v) is 5.45. The van der Waals surface area contributed by atoms with E-state index in [1.807, 2.05) is 0 Å². The molecule has 1 aliphatic rings. The van der Waals surface area contributed by atoms with Gasteiger partial charge in [0.15, 0.2) is 0 Å². The Hall–Kier alpha value is -0.530. The number of carbonyl (C=O) groups excluding carboxylic acids is 1. The highest BCUT2D eigenvalue weighted by Crippen LogP contribution is 2.37. The molecule has 76 valence electrons. The van der Waals surface area contributed by atoms with Crippen molar-refractivity contribution in [1.29, 1.82) is 0 Å². The molecular weight excluding hydrogens is 162 g/mol. The zero-order chi connectivity index (χ0) is 9.90. The van der Waals surface area contributed by atoms with Crippen molar-refractivity contribution in [3.8, 4) is 0 Å². The Morgan fingerprint density at radius 2 is 2.23 bits per heavy atom. The van der Waals surface area contributed by atoms with Gasteiger partial charge in [0, 0.05) is 11.5 Å². The fourth-order valence-corrected chi connectivity index (χ4v) is 2.29. The van der Waals surface area contributed by atoms with Gasteiger partial charge in [0.2, 0.25) is 5.91 Å². The van der Waals surface area contributed by atoms with Gasteiger partial charge in [-0.15, -0.1) is 0 Å². The van der Waals surface area contributed by atoms with Gasteiger partial charge >= 0.3 is 0 Å². The molecule has 13 heavy (non-hydrogen) atoms. The molecular formula is C11H21NO. The summed E-state index contributed by atoms with van der Waals surface area (Å²) in [4.78, 5) is 11.8. The van der Waals surface area contributed by atoms with Crippen molar-refractivity contribution < 1.29 is 4.79 Å². The molecule has 2 atom stereocenters. The van der Waals surface area contributed by atoms with E-state index in [1.165, 1.54) is 0 Å². The molecule has 0 bridgehead atoms. The molecule has 1 saturated heterocycles. The monoisotopic (exact) mass is 183 g/mol. The number of nitrogens with one attached hydrogen (secondary N) is 1. The summed E-state index contributed by atoms with van der Waals surface area (Å²) in [7, 11) is 0. The molecule has 0 aromatic carbocycles. The van der Waals surface area contributed by atoms with Crippen molar-refractivity contribution in [2.24, 2.45) is 5.41 Å². The van der Waals surface area contributed by atoms with Crippen LogP contribution in [0.15, 0.2) is 0 Å². The second-order valence-corrected chi connectivity index (χ2v) is 4.30. The second-order valence-electron chi connectivity index (χ2n) is 4.30. The summed E-state index contributed by atoms with van der Waals surface area (Å²) < 4.78 is 0. The Balaban J connectivity index is 2.69. The van der Waals surface area contributed by atoms with Gasteiger partial charge in [-0.1, -0.05) is 20.3 Å². The Morgan fingerprint density at radius 1 is 1.54 bits per heavy atom. The van der Waals surface area contributed by atoms with Gasteiger partial charge in [-0.3, -0.25) is 4.79 Å². The molecule has 1 fully saturated rings. The molecule has 1 heterocycles. The summed E-state index contributed by atoms with van der Waals surface area (Å²) >= 11 is 0. The quantitative estimate of drug-likeness (QED) is 0.715. The molecule has 2 nitrogen and oxygen atoms in total. The zero-order valence-electron chi connectivity index (χ0n) is 9.02. The lowest BCUT2D eigenvalue weighted by molar-refractivity contribution is -0.135. The fraction of sp³-hybridized carbons (Fsp3) is 0.909. The number of hydrogen-bond acceptors (Lipinski definition) is 1. The molecule has 0 aliphatic carbocycles. The number of rotatable bonds is 3. The average molecular weight is 183 g/mol. The molecule has 0 saturated carbocycles. The van der Waals surface area contributed by atoms with Crippen LogP contribution < -0.4 is 5.32 Å². The van der Waals surface area contributed by atoms with Crippen LogP contribution in [0.3, 0.4) is 0 Å². The van der Waals surface area contributed by atoms with E-state index in [4.69, 9.17) is 0 Å². The van der Waals surface area contributed by atoms with Crippen LogP contribution in [0.4, 0.5) is 0 Å². The molecule has 0 radical (unpaired) electrons. The Labute approximate surface area is 81.1 Å². The lowest BCUT2D eigenvalue weighted by Crippen LogP contribution is -2.49. The predicted molar refractivity (Wildman–Crippen MR) is 54.5 cm³/mol. The SMILES string of the molecule is CCCC1(CC)CCC(C)NC1=O. The highest BCUT2D eigenvalue weighted by atomic mass is 16.2. The normalized spacial score (nSPS) is 34.4. The predicted octanol–water partition coefficient (Wildman–Crippen LogP) is 2.48. The maximum Gasteiger partial charge on any atom is 0.226 e. The van der Waals surface area contributed by atoms with Crippen LogP contribution in [-0.2, 0) is 4.79 Å². The third kappa shape index (κ3) is 2.04. The summed E-state index contributed by atoms with van der Waals surface area (Å²) in [6.45, 7) is 6.37. The van der Waals surface area contributed by atoms with Crippen molar-refractivity contribution in [2.45, 2.75) is 58.9 Å². The van der Waals surface area contributed by atoms with Gasteiger partial charge in [-0.25, -0.2) is 0 Å². The van der Waals surface area contributed by atoms with Gasteiger partial charge in [0.25, 0.3) is 0 Å². The molecule has 0 aromatic heterocycles. The molecule has 2 unspecified atom stereocenters. The Kier molecular flexibility index (Phi) is 3.34. The van der Waals surface area contributed by atoms with Gasteiger partial charge in [-0.05, 0) is 32.6 Å². The maximum absolute atomic E-state index is 11.8. The lowest BCUT2D eigenvalue weighted by atomic mass is 9.73. The minimum absolute atomic E-state index is 0.0404. The van der Waals surface area contributed by atoms with Crippen LogP contribution in [0.1, 0.15) is 52.9 Å². The largest absolute Gasteiger partial charge is 0.353 e. The summed E-state index contributed by atoms with van der Waals surface area (Å²) in [6.07, 6.45) is 5.35. The molecule has 1 rings (SSSR count). The van der Waals surface area contributed by atoms with Gasteiger partial charge in [0.1, 0.15) is 0 Å². The van der Waals surface area contributed by atoms with Crippen molar-refractivity contribution in [3.05, 3.63) is 0 Å². The van der Waals surface area contributed by atoms with E-state index in [1.54, 1.807) is 0 Å². The number of hydrogen-bond donors (Lipinski definition) is 1. The van der Waals surface area contributed by atoms with Crippen LogP contribution in [0.25, 0.3) is 0 Å². The zero-order valence-corrected chi connectivity index (χ0v) is 9.02. The smallest absolute Gasteiger partial charge is 0.226 e. The van der Waals surface area contributed by atoms with E-state index in [0.717, 1.165) is 32.1 Å². The van der Waals surface area contributed by atoms with Crippen molar-refractivity contribution in [1.82, 2.24) is 5.32 Å². The van der Waals surface area contributed by atoms with Gasteiger partial charge in [-0.2, -0.15) is 0 Å². The van der Waals surface area contributed by atoms with Crippen LogP contribution in [-0.4, -0.2) is 11.9 Å². The van der Waals surface area contributed by atoms with Crippen LogP contribution in [0.2, 0.25) is 0 Å². The minimum atomic E-state index is -0.0404. The lowest BCUT2D eigenvalue weighted by Gasteiger charge is -2.37. The summed E-state index contributed by atoms with van der Waals surface area (Å²) in [5.41, 5.74) is -0.0404. The highest BCUT2D eigenvalue weighted by molar-refractivity contribution is 5.83. The van der Waals surface area contributed by atoms with Crippen LogP contribution >= 0.6 is 0 Å². The third-order valence-electron chi connectivity index (χ3n) is 3.32. The summed E-state index contributed by atoms with van der Waals surface area (Å²) in [5.74, 6) is 0.288. The van der Waals surface area contributed by atoms with E-state index >= 15 is 0 Å². The van der Waals surface area contributed by atoms with Crippen molar-refractivity contribution >= 4 is 5.91 Å². The third-order valence-corrected chi connectivity index (χ3v) is 3.32. The maximum atomic E-state index is 11.8. The molecule has 1 amide bonds. The minimum Gasteiger partial charge on any atom is -0.353 e. The second kappa shape index (κ2) is 4.12. The van der Waals surface area contributed by atoms with Crippen molar-refractivity contribution in [3.63, 3.8) is 0 Å². The fourth-order valence-electron chi connectivity index (χ4n) is 2.29. The standard InChI is InChI=1S/C11H21NO/c1-4-7-11(5-2)8-6-9(3)12-10(11)13/h9H,4-8H2,1-3H3,(H,12,13). The number of carbonyl (C=O) groups is 1. The van der Waals surface area contributed by atoms with E-state index in [2.05, 4.69) is 26.1 Å². The number of piperidine rings is 1. The van der Waals surface area contributed by atoms with E-state index < -0.39 is 0 Å².